The van der Waals surface area contributed by atoms with E-state index in [1.54, 1.807) is 0 Å². The Hall–Kier alpha value is -1.25. The van der Waals surface area contributed by atoms with Crippen molar-refractivity contribution in [3.63, 3.8) is 0 Å². The summed E-state index contributed by atoms with van der Waals surface area (Å²) in [7, 11) is -3.94. The third-order valence-corrected chi connectivity index (χ3v) is 4.92. The van der Waals surface area contributed by atoms with E-state index in [0.717, 1.165) is 18.9 Å². The zero-order chi connectivity index (χ0) is 14.8. The lowest BCUT2D eigenvalue weighted by molar-refractivity contribution is 0.259. The number of anilines is 1. The molecule has 1 aliphatic heterocycles. The van der Waals surface area contributed by atoms with Gasteiger partial charge in [-0.25, -0.2) is 8.78 Å². The fourth-order valence-corrected chi connectivity index (χ4v) is 3.81. The second-order valence-corrected chi connectivity index (χ2v) is 6.33. The van der Waals surface area contributed by atoms with Gasteiger partial charge in [0.1, 0.15) is 0 Å². The van der Waals surface area contributed by atoms with Crippen LogP contribution < -0.4 is 10.5 Å². The average molecular weight is 305 g/mol. The number of nitrogens with one attached hydrogen (secondary N) is 1. The molecule has 20 heavy (non-hydrogen) atoms. The van der Waals surface area contributed by atoms with Crippen LogP contribution in [0.1, 0.15) is 19.3 Å². The predicted molar refractivity (Wildman–Crippen MR) is 72.3 cm³/mol. The van der Waals surface area contributed by atoms with Gasteiger partial charge in [-0.05, 0) is 25.0 Å². The Bertz CT molecular complexity index is 580. The summed E-state index contributed by atoms with van der Waals surface area (Å²) in [6.07, 6.45) is 2.30. The standard InChI is InChI=1S/C12H17F2N3O2S/c13-10-5-3-6-11(12(10)14)16-20(18,19)17-7-2-1-4-9(17)8-15/h3,5-6,9,16H,1-2,4,7-8,15H2. The topological polar surface area (TPSA) is 75.4 Å². The molecule has 0 amide bonds. The van der Waals surface area contributed by atoms with Crippen LogP contribution in [0.2, 0.25) is 0 Å². The van der Waals surface area contributed by atoms with Crippen LogP contribution >= 0.6 is 0 Å². The first-order valence-corrected chi connectivity index (χ1v) is 7.83. The first kappa shape index (κ1) is 15.1. The maximum Gasteiger partial charge on any atom is 0.302 e. The number of halogens is 2. The van der Waals surface area contributed by atoms with Gasteiger partial charge >= 0.3 is 10.2 Å². The molecular formula is C12H17F2N3O2S. The molecule has 1 aliphatic rings. The van der Waals surface area contributed by atoms with Crippen LogP contribution in [-0.2, 0) is 10.2 Å². The number of rotatable bonds is 4. The van der Waals surface area contributed by atoms with Gasteiger partial charge in [-0.3, -0.25) is 4.72 Å². The highest BCUT2D eigenvalue weighted by molar-refractivity contribution is 7.90. The number of piperidine rings is 1. The highest BCUT2D eigenvalue weighted by Crippen LogP contribution is 2.23. The molecule has 1 fully saturated rings. The van der Waals surface area contributed by atoms with Crippen molar-refractivity contribution >= 4 is 15.9 Å². The lowest BCUT2D eigenvalue weighted by Crippen LogP contribution is -2.49. The van der Waals surface area contributed by atoms with Crippen LogP contribution in [0, 0.1) is 11.6 Å². The van der Waals surface area contributed by atoms with Gasteiger partial charge in [0.25, 0.3) is 0 Å². The fourth-order valence-electron chi connectivity index (χ4n) is 2.31. The molecular weight excluding hydrogens is 288 g/mol. The van der Waals surface area contributed by atoms with Gasteiger partial charge in [0.2, 0.25) is 0 Å². The minimum Gasteiger partial charge on any atom is -0.329 e. The van der Waals surface area contributed by atoms with E-state index in [1.807, 2.05) is 0 Å². The lowest BCUT2D eigenvalue weighted by atomic mass is 10.1. The van der Waals surface area contributed by atoms with Crippen molar-refractivity contribution in [2.75, 3.05) is 17.8 Å². The monoisotopic (exact) mass is 305 g/mol. The van der Waals surface area contributed by atoms with E-state index in [4.69, 9.17) is 5.73 Å². The molecule has 5 nitrogen and oxygen atoms in total. The molecule has 0 aromatic heterocycles. The molecule has 0 spiro atoms. The Kier molecular flexibility index (Phi) is 4.56. The molecule has 0 saturated carbocycles. The summed E-state index contributed by atoms with van der Waals surface area (Å²) in [5.41, 5.74) is 5.17. The first-order chi connectivity index (χ1) is 9.45. The second kappa shape index (κ2) is 6.02. The lowest BCUT2D eigenvalue weighted by Gasteiger charge is -2.33. The average Bonchev–Trinajstić information content (AvgIpc) is 2.43. The molecule has 0 radical (unpaired) electrons. The molecule has 8 heteroatoms. The van der Waals surface area contributed by atoms with E-state index in [-0.39, 0.29) is 12.6 Å². The molecule has 0 bridgehead atoms. The highest BCUT2D eigenvalue weighted by atomic mass is 32.2. The Labute approximate surface area is 116 Å². The summed E-state index contributed by atoms with van der Waals surface area (Å²) in [4.78, 5) is 0. The van der Waals surface area contributed by atoms with Crippen molar-refractivity contribution in [1.82, 2.24) is 4.31 Å². The van der Waals surface area contributed by atoms with E-state index < -0.39 is 27.5 Å². The first-order valence-electron chi connectivity index (χ1n) is 6.39. The van der Waals surface area contributed by atoms with Gasteiger partial charge in [-0.2, -0.15) is 12.7 Å². The normalized spacial score (nSPS) is 20.9. The van der Waals surface area contributed by atoms with E-state index in [9.17, 15) is 17.2 Å². The Morgan fingerprint density at radius 1 is 1.35 bits per heavy atom. The SMILES string of the molecule is NCC1CCCCN1S(=O)(=O)Nc1cccc(F)c1F. The van der Waals surface area contributed by atoms with Crippen molar-refractivity contribution in [3.8, 4) is 0 Å². The molecule has 1 saturated heterocycles. The van der Waals surface area contributed by atoms with E-state index in [1.165, 1.54) is 16.4 Å². The molecule has 1 aromatic rings. The zero-order valence-electron chi connectivity index (χ0n) is 10.9. The number of nitrogens with zero attached hydrogens (tertiary/aromatic N) is 1. The summed E-state index contributed by atoms with van der Waals surface area (Å²) in [6, 6.07) is 3.04. The summed E-state index contributed by atoms with van der Waals surface area (Å²) in [5.74, 6) is -2.31. The van der Waals surface area contributed by atoms with Gasteiger partial charge in [0.15, 0.2) is 11.6 Å². The molecule has 0 aliphatic carbocycles. The molecule has 3 N–H and O–H groups in total. The van der Waals surface area contributed by atoms with Crippen molar-refractivity contribution in [3.05, 3.63) is 29.8 Å². The molecule has 112 valence electrons. The minimum absolute atomic E-state index is 0.201. The van der Waals surface area contributed by atoms with Gasteiger partial charge in [-0.15, -0.1) is 0 Å². The van der Waals surface area contributed by atoms with Crippen LogP contribution in [0.15, 0.2) is 18.2 Å². The maximum absolute atomic E-state index is 13.5. The van der Waals surface area contributed by atoms with Crippen molar-refractivity contribution < 1.29 is 17.2 Å². The number of nitrogens with two attached hydrogens (primary N) is 1. The number of hydrogen-bond donors (Lipinski definition) is 2. The summed E-state index contributed by atoms with van der Waals surface area (Å²) in [6.45, 7) is 0.528. The Morgan fingerprint density at radius 2 is 2.10 bits per heavy atom. The van der Waals surface area contributed by atoms with Crippen LogP contribution in [0.5, 0.6) is 0 Å². The van der Waals surface area contributed by atoms with Gasteiger partial charge in [-0.1, -0.05) is 12.5 Å². The number of hydrogen-bond acceptors (Lipinski definition) is 3. The smallest absolute Gasteiger partial charge is 0.302 e. The van der Waals surface area contributed by atoms with E-state index in [0.29, 0.717) is 13.0 Å². The summed E-state index contributed by atoms with van der Waals surface area (Å²) >= 11 is 0. The molecule has 1 aromatic carbocycles. The Balaban J connectivity index is 2.24. The fraction of sp³-hybridized carbons (Fsp3) is 0.500. The molecule has 1 unspecified atom stereocenters. The highest BCUT2D eigenvalue weighted by Gasteiger charge is 2.32. The Morgan fingerprint density at radius 3 is 2.80 bits per heavy atom. The van der Waals surface area contributed by atoms with Crippen LogP contribution in [0.3, 0.4) is 0 Å². The van der Waals surface area contributed by atoms with E-state index in [2.05, 4.69) is 4.72 Å². The number of benzene rings is 1. The van der Waals surface area contributed by atoms with Crippen molar-refractivity contribution in [2.45, 2.75) is 25.3 Å². The second-order valence-electron chi connectivity index (χ2n) is 4.70. The van der Waals surface area contributed by atoms with E-state index >= 15 is 0 Å². The maximum atomic E-state index is 13.5. The van der Waals surface area contributed by atoms with Gasteiger partial charge in [0.05, 0.1) is 5.69 Å². The van der Waals surface area contributed by atoms with Gasteiger partial charge in [0, 0.05) is 19.1 Å². The van der Waals surface area contributed by atoms with Gasteiger partial charge < -0.3 is 5.73 Å². The third kappa shape index (κ3) is 3.08. The molecule has 1 atom stereocenters. The van der Waals surface area contributed by atoms with Crippen LogP contribution in [-0.4, -0.2) is 31.9 Å². The molecule has 1 heterocycles. The predicted octanol–water partition coefficient (Wildman–Crippen LogP) is 1.43. The molecule has 2 rings (SSSR count). The van der Waals surface area contributed by atoms with Crippen molar-refractivity contribution in [1.29, 1.82) is 0 Å². The quantitative estimate of drug-likeness (QED) is 0.883. The third-order valence-electron chi connectivity index (χ3n) is 3.34. The summed E-state index contributed by atoms with van der Waals surface area (Å²) in [5, 5.41) is 0. The van der Waals surface area contributed by atoms with Crippen molar-refractivity contribution in [2.24, 2.45) is 5.73 Å². The largest absolute Gasteiger partial charge is 0.329 e. The summed E-state index contributed by atoms with van der Waals surface area (Å²) < 4.78 is 54.5. The van der Waals surface area contributed by atoms with Crippen LogP contribution in [0.25, 0.3) is 0 Å². The minimum atomic E-state index is -3.94. The van der Waals surface area contributed by atoms with Crippen LogP contribution in [0.4, 0.5) is 14.5 Å². The zero-order valence-corrected chi connectivity index (χ0v) is 11.7.